The second-order valence-corrected chi connectivity index (χ2v) is 18.2. The summed E-state index contributed by atoms with van der Waals surface area (Å²) < 4.78 is 20.2. The van der Waals surface area contributed by atoms with E-state index in [4.69, 9.17) is 13.8 Å². The van der Waals surface area contributed by atoms with Crippen molar-refractivity contribution in [2.24, 2.45) is 0 Å². The topological polar surface area (TPSA) is 27.7 Å². The van der Waals surface area contributed by atoms with Gasteiger partial charge in [-0.2, -0.15) is 0 Å². The van der Waals surface area contributed by atoms with Gasteiger partial charge in [-0.1, -0.05) is 144 Å². The van der Waals surface area contributed by atoms with Gasteiger partial charge in [-0.05, 0) is 61.6 Å². The van der Waals surface area contributed by atoms with Gasteiger partial charge in [-0.25, -0.2) is 0 Å². The Morgan fingerprint density at radius 2 is 1.04 bits per heavy atom. The molecule has 46 heavy (non-hydrogen) atoms. The number of hydrogen-bond acceptors (Lipinski definition) is 3. The third-order valence-corrected chi connectivity index (χ3v) is 10.4. The third kappa shape index (κ3) is 6.86. The minimum Gasteiger partial charge on any atom is -0.496 e. The molecular formula is C42H53O3P. The first kappa shape index (κ1) is 34.1. The van der Waals surface area contributed by atoms with Gasteiger partial charge in [0.1, 0.15) is 17.2 Å². The SMILES string of the molecule is COc1c(Cc2cc(C(C)(C)C)cc(C(C)(C)C)c2OP2Oc3ccccc3-c3ccccc32)cc(C(C)(C)C)cc1C(C)(C)C. The van der Waals surface area contributed by atoms with Gasteiger partial charge in [0.25, 0.3) is 0 Å². The van der Waals surface area contributed by atoms with Crippen molar-refractivity contribution in [3.63, 3.8) is 0 Å². The number of hydrogen-bond donors (Lipinski definition) is 0. The summed E-state index contributed by atoms with van der Waals surface area (Å²) in [5, 5.41) is 1.10. The van der Waals surface area contributed by atoms with Crippen LogP contribution >= 0.6 is 8.38 Å². The van der Waals surface area contributed by atoms with Gasteiger partial charge in [0.2, 0.25) is 0 Å². The summed E-state index contributed by atoms with van der Waals surface area (Å²) in [6.07, 6.45) is 0.680. The van der Waals surface area contributed by atoms with Crippen molar-refractivity contribution in [2.75, 3.05) is 7.11 Å². The monoisotopic (exact) mass is 636 g/mol. The van der Waals surface area contributed by atoms with Crippen molar-refractivity contribution in [1.82, 2.24) is 0 Å². The van der Waals surface area contributed by atoms with Crippen molar-refractivity contribution in [1.29, 1.82) is 0 Å². The highest BCUT2D eigenvalue weighted by Gasteiger charge is 2.34. The largest absolute Gasteiger partial charge is 0.496 e. The van der Waals surface area contributed by atoms with Gasteiger partial charge < -0.3 is 13.8 Å². The Balaban J connectivity index is 1.75. The average Bonchev–Trinajstić information content (AvgIpc) is 2.95. The molecule has 0 aromatic heterocycles. The molecule has 4 aromatic carbocycles. The van der Waals surface area contributed by atoms with E-state index in [1.165, 1.54) is 33.4 Å². The quantitative estimate of drug-likeness (QED) is 0.204. The fourth-order valence-electron chi connectivity index (χ4n) is 6.09. The summed E-state index contributed by atoms with van der Waals surface area (Å²) in [6, 6.07) is 26.2. The molecule has 0 N–H and O–H groups in total. The van der Waals surface area contributed by atoms with E-state index in [1.54, 1.807) is 0 Å². The van der Waals surface area contributed by atoms with E-state index in [9.17, 15) is 0 Å². The molecule has 244 valence electrons. The molecule has 1 unspecified atom stereocenters. The van der Waals surface area contributed by atoms with E-state index < -0.39 is 8.38 Å². The molecule has 0 fully saturated rings. The van der Waals surface area contributed by atoms with Crippen LogP contribution in [0.2, 0.25) is 0 Å². The highest BCUT2D eigenvalue weighted by molar-refractivity contribution is 7.57. The molecule has 3 nitrogen and oxygen atoms in total. The summed E-state index contributed by atoms with van der Waals surface area (Å²) in [4.78, 5) is 0. The van der Waals surface area contributed by atoms with Gasteiger partial charge in [0.05, 0.1) is 12.4 Å². The Labute approximate surface area is 279 Å². The highest BCUT2D eigenvalue weighted by Crippen LogP contribution is 2.52. The Kier molecular flexibility index (Phi) is 8.93. The zero-order chi connectivity index (χ0) is 33.8. The summed E-state index contributed by atoms with van der Waals surface area (Å²) in [7, 11) is 0.373. The molecule has 1 aliphatic heterocycles. The molecule has 0 saturated heterocycles. The summed E-state index contributed by atoms with van der Waals surface area (Å²) in [5.74, 6) is 2.75. The molecule has 4 aromatic rings. The van der Waals surface area contributed by atoms with E-state index in [0.717, 1.165) is 33.7 Å². The molecule has 0 saturated carbocycles. The van der Waals surface area contributed by atoms with Crippen LogP contribution < -0.4 is 19.1 Å². The maximum Gasteiger partial charge on any atom is 0.326 e. The summed E-state index contributed by atoms with van der Waals surface area (Å²) in [5.41, 5.74) is 9.35. The lowest BCUT2D eigenvalue weighted by Gasteiger charge is -2.33. The average molecular weight is 637 g/mol. The van der Waals surface area contributed by atoms with Gasteiger partial charge in [-0.3, -0.25) is 0 Å². The van der Waals surface area contributed by atoms with Crippen molar-refractivity contribution in [2.45, 2.75) is 111 Å². The van der Waals surface area contributed by atoms with Gasteiger partial charge >= 0.3 is 8.38 Å². The zero-order valence-electron chi connectivity index (χ0n) is 30.3. The van der Waals surface area contributed by atoms with Crippen LogP contribution in [0, 0.1) is 0 Å². The first-order chi connectivity index (χ1) is 21.3. The predicted molar refractivity (Wildman–Crippen MR) is 197 cm³/mol. The van der Waals surface area contributed by atoms with Crippen LogP contribution in [0.15, 0.2) is 72.8 Å². The van der Waals surface area contributed by atoms with Gasteiger partial charge in [0.15, 0.2) is 0 Å². The molecule has 1 heterocycles. The first-order valence-electron chi connectivity index (χ1n) is 16.5. The number of para-hydroxylation sites is 1. The van der Waals surface area contributed by atoms with E-state index in [0.29, 0.717) is 6.42 Å². The van der Waals surface area contributed by atoms with Crippen molar-refractivity contribution < 1.29 is 13.8 Å². The van der Waals surface area contributed by atoms with Crippen molar-refractivity contribution >= 4 is 13.7 Å². The standard InChI is InChI=1S/C42H53O3P/c1-39(2,3)29-23-27(37(43-13)33(25-29)41(7,8)9)22-28-24-30(40(4,5)6)26-34(42(10,11)12)38(28)45-46-36-21-17-15-19-32(36)31-18-14-16-20-35(31)44-46/h14-21,23-26H,22H2,1-13H3. The van der Waals surface area contributed by atoms with Gasteiger partial charge in [0, 0.05) is 23.1 Å². The molecule has 0 aliphatic carbocycles. The molecule has 0 radical (unpaired) electrons. The maximum absolute atomic E-state index is 7.24. The van der Waals surface area contributed by atoms with E-state index in [-0.39, 0.29) is 21.7 Å². The summed E-state index contributed by atoms with van der Waals surface area (Å²) in [6.45, 7) is 27.4. The number of fused-ring (bicyclic) bond motifs is 3. The van der Waals surface area contributed by atoms with E-state index >= 15 is 0 Å². The highest BCUT2D eigenvalue weighted by atomic mass is 31.2. The molecule has 0 spiro atoms. The fraction of sp³-hybridized carbons (Fsp3) is 0.429. The van der Waals surface area contributed by atoms with Crippen molar-refractivity contribution in [3.05, 3.63) is 106 Å². The molecule has 0 amide bonds. The lowest BCUT2D eigenvalue weighted by molar-refractivity contribution is 0.392. The van der Waals surface area contributed by atoms with Gasteiger partial charge in [-0.15, -0.1) is 0 Å². The Bertz CT molecular complexity index is 1740. The maximum atomic E-state index is 7.24. The second-order valence-electron chi connectivity index (χ2n) is 16.9. The molecule has 4 heteroatoms. The fourth-order valence-corrected chi connectivity index (χ4v) is 7.65. The number of methoxy groups -OCH3 is 1. The van der Waals surface area contributed by atoms with Crippen LogP contribution in [0.3, 0.4) is 0 Å². The van der Waals surface area contributed by atoms with E-state index in [2.05, 4.69) is 150 Å². The minimum absolute atomic E-state index is 0.0134. The normalized spacial score (nSPS) is 15.1. The molecule has 5 rings (SSSR count). The number of rotatable bonds is 5. The zero-order valence-corrected chi connectivity index (χ0v) is 31.2. The third-order valence-electron chi connectivity index (χ3n) is 8.90. The van der Waals surface area contributed by atoms with Crippen LogP contribution in [0.4, 0.5) is 0 Å². The Morgan fingerprint density at radius 1 is 0.565 bits per heavy atom. The predicted octanol–water partition coefficient (Wildman–Crippen LogP) is 11.6. The van der Waals surface area contributed by atoms with Crippen LogP contribution in [0.25, 0.3) is 11.1 Å². The van der Waals surface area contributed by atoms with Crippen LogP contribution in [0.1, 0.15) is 116 Å². The molecule has 0 bridgehead atoms. The van der Waals surface area contributed by atoms with E-state index in [1.807, 2.05) is 13.2 Å². The number of benzene rings is 4. The lowest BCUT2D eigenvalue weighted by atomic mass is 9.76. The minimum atomic E-state index is -1.43. The smallest absolute Gasteiger partial charge is 0.326 e. The summed E-state index contributed by atoms with van der Waals surface area (Å²) >= 11 is 0. The number of ether oxygens (including phenoxy) is 1. The Morgan fingerprint density at radius 3 is 1.57 bits per heavy atom. The van der Waals surface area contributed by atoms with Crippen LogP contribution in [-0.2, 0) is 28.1 Å². The van der Waals surface area contributed by atoms with Crippen LogP contribution in [0.5, 0.6) is 17.2 Å². The second kappa shape index (κ2) is 12.1. The van der Waals surface area contributed by atoms with Crippen LogP contribution in [-0.4, -0.2) is 7.11 Å². The lowest BCUT2D eigenvalue weighted by Crippen LogP contribution is -2.22. The Hall–Kier alpha value is -3.29. The molecular weight excluding hydrogens is 583 g/mol. The first-order valence-corrected chi connectivity index (χ1v) is 17.7. The molecule has 1 aliphatic rings. The molecule has 1 atom stereocenters. The van der Waals surface area contributed by atoms with Crippen molar-refractivity contribution in [3.8, 4) is 28.4 Å².